The molecule has 4 aromatic carbocycles. The molecule has 6 rings (SSSR count). The third-order valence-corrected chi connectivity index (χ3v) is 9.09. The highest BCUT2D eigenvalue weighted by Gasteiger charge is 2.35. The maximum absolute atomic E-state index is 14.2. The molecule has 244 valence electrons. The van der Waals surface area contributed by atoms with Gasteiger partial charge in [0.25, 0.3) is 5.56 Å². The Labute approximate surface area is 283 Å². The molecular formula is C40H38N2O5S. The largest absolute Gasteiger partial charge is 0.491 e. The lowest BCUT2D eigenvalue weighted by atomic mass is 9.95. The van der Waals surface area contributed by atoms with Gasteiger partial charge in [-0.05, 0) is 85.9 Å². The van der Waals surface area contributed by atoms with Gasteiger partial charge in [0.1, 0.15) is 24.1 Å². The maximum atomic E-state index is 14.2. The molecule has 7 nitrogen and oxygen atoms in total. The molecule has 0 fully saturated rings. The Morgan fingerprint density at radius 1 is 1.00 bits per heavy atom. The molecule has 0 saturated heterocycles. The van der Waals surface area contributed by atoms with E-state index in [1.54, 1.807) is 18.4 Å². The number of rotatable bonds is 11. The summed E-state index contributed by atoms with van der Waals surface area (Å²) < 4.78 is 20.0. The number of aromatic nitrogens is 1. The third-order valence-electron chi connectivity index (χ3n) is 8.10. The molecule has 0 unspecified atom stereocenters. The van der Waals surface area contributed by atoms with Crippen LogP contribution in [0, 0.1) is 0 Å². The molecule has 0 amide bonds. The number of allylic oxidation sites excluding steroid dienone is 2. The minimum Gasteiger partial charge on any atom is -0.491 e. The summed E-state index contributed by atoms with van der Waals surface area (Å²) in [5, 5.41) is 2.33. The van der Waals surface area contributed by atoms with E-state index >= 15 is 0 Å². The SMILES string of the molecule is C=CCc1cc(/C=c2/sc3n(c2=O)[C@H](c2ccccc2OC(C)C)C(C(=O)OCC)=C(C)N=3)ccc1OCc1cccc2ccccc12. The Balaban J connectivity index is 1.40. The first kappa shape index (κ1) is 32.7. The predicted octanol–water partition coefficient (Wildman–Crippen LogP) is 7.05. The monoisotopic (exact) mass is 658 g/mol. The van der Waals surface area contributed by atoms with Crippen LogP contribution in [0.4, 0.5) is 0 Å². The van der Waals surface area contributed by atoms with Gasteiger partial charge in [-0.25, -0.2) is 9.79 Å². The zero-order valence-corrected chi connectivity index (χ0v) is 28.4. The molecule has 0 radical (unpaired) electrons. The van der Waals surface area contributed by atoms with Crippen molar-refractivity contribution in [1.82, 2.24) is 4.57 Å². The number of thiazole rings is 1. The molecule has 48 heavy (non-hydrogen) atoms. The summed E-state index contributed by atoms with van der Waals surface area (Å²) in [5.41, 5.74) is 4.18. The van der Waals surface area contributed by atoms with Crippen molar-refractivity contribution in [2.45, 2.75) is 52.9 Å². The van der Waals surface area contributed by atoms with Gasteiger partial charge in [0.15, 0.2) is 4.80 Å². The van der Waals surface area contributed by atoms with Crippen LogP contribution in [0.15, 0.2) is 119 Å². The summed E-state index contributed by atoms with van der Waals surface area (Å²) in [6.45, 7) is 12.0. The van der Waals surface area contributed by atoms with E-state index < -0.39 is 12.0 Å². The number of hydrogen-bond donors (Lipinski definition) is 0. The standard InChI is InChI=1S/C40H38N2O5S/c1-6-13-29-22-27(20-21-33(29)46-24-30-16-12-15-28-14-8-9-17-31(28)30)23-35-38(43)42-37(32-18-10-11-19-34(32)47-25(3)4)36(39(44)45-7-2)26(5)41-40(42)48-35/h6,8-12,14-23,25,37H,1,7,13,24H2,2-5H3/b35-23+/t37-/m1/s1. The second-order valence-electron chi connectivity index (χ2n) is 11.8. The first-order valence-electron chi connectivity index (χ1n) is 16.1. The first-order chi connectivity index (χ1) is 23.3. The van der Waals surface area contributed by atoms with Gasteiger partial charge in [0.05, 0.1) is 28.5 Å². The second kappa shape index (κ2) is 14.3. The normalized spacial score (nSPS) is 14.5. The molecule has 2 heterocycles. The zero-order chi connectivity index (χ0) is 33.8. The van der Waals surface area contributed by atoms with Crippen LogP contribution in [0.25, 0.3) is 16.8 Å². The maximum Gasteiger partial charge on any atom is 0.338 e. The summed E-state index contributed by atoms with van der Waals surface area (Å²) in [5.74, 6) is 0.847. The number of carbonyl (C=O) groups is 1. The first-order valence-corrected chi connectivity index (χ1v) is 16.9. The Morgan fingerprint density at radius 3 is 2.56 bits per heavy atom. The number of fused-ring (bicyclic) bond motifs is 2. The number of nitrogens with zero attached hydrogens (tertiary/aromatic N) is 2. The smallest absolute Gasteiger partial charge is 0.338 e. The number of ether oxygens (including phenoxy) is 3. The fourth-order valence-electron chi connectivity index (χ4n) is 6.02. The average molecular weight is 659 g/mol. The fraction of sp³-hybridized carbons (Fsp3) is 0.225. The van der Waals surface area contributed by atoms with Crippen molar-refractivity contribution in [3.8, 4) is 11.5 Å². The van der Waals surface area contributed by atoms with Crippen molar-refractivity contribution >= 4 is 34.2 Å². The van der Waals surface area contributed by atoms with Crippen molar-refractivity contribution in [3.63, 3.8) is 0 Å². The van der Waals surface area contributed by atoms with Gasteiger partial charge < -0.3 is 14.2 Å². The van der Waals surface area contributed by atoms with Gasteiger partial charge >= 0.3 is 5.97 Å². The van der Waals surface area contributed by atoms with Crippen molar-refractivity contribution in [1.29, 1.82) is 0 Å². The Bertz CT molecular complexity index is 2220. The Morgan fingerprint density at radius 2 is 1.77 bits per heavy atom. The average Bonchev–Trinajstić information content (AvgIpc) is 3.37. The van der Waals surface area contributed by atoms with E-state index in [-0.39, 0.29) is 18.3 Å². The van der Waals surface area contributed by atoms with Crippen LogP contribution in [-0.2, 0) is 22.6 Å². The molecule has 8 heteroatoms. The summed E-state index contributed by atoms with van der Waals surface area (Å²) in [7, 11) is 0. The minimum absolute atomic E-state index is 0.109. The van der Waals surface area contributed by atoms with E-state index in [1.165, 1.54) is 16.7 Å². The van der Waals surface area contributed by atoms with Crippen LogP contribution in [0.5, 0.6) is 11.5 Å². The van der Waals surface area contributed by atoms with Crippen LogP contribution >= 0.6 is 11.3 Å². The van der Waals surface area contributed by atoms with E-state index in [1.807, 2.05) is 86.7 Å². The third kappa shape index (κ3) is 6.62. The quantitative estimate of drug-likeness (QED) is 0.112. The van der Waals surface area contributed by atoms with Crippen LogP contribution < -0.4 is 24.4 Å². The van der Waals surface area contributed by atoms with E-state index in [2.05, 4.69) is 30.8 Å². The van der Waals surface area contributed by atoms with Crippen LogP contribution in [-0.4, -0.2) is 23.2 Å². The van der Waals surface area contributed by atoms with Crippen LogP contribution in [0.3, 0.4) is 0 Å². The molecule has 1 atom stereocenters. The Hall–Kier alpha value is -5.21. The fourth-order valence-corrected chi connectivity index (χ4v) is 7.07. The van der Waals surface area contributed by atoms with E-state index in [9.17, 15) is 9.59 Å². The van der Waals surface area contributed by atoms with Crippen molar-refractivity contribution in [3.05, 3.63) is 151 Å². The molecule has 1 aliphatic heterocycles. The van der Waals surface area contributed by atoms with E-state index in [0.717, 1.165) is 27.8 Å². The minimum atomic E-state index is -0.765. The lowest BCUT2D eigenvalue weighted by Gasteiger charge is -2.26. The van der Waals surface area contributed by atoms with Crippen LogP contribution in [0.1, 0.15) is 56.0 Å². The molecule has 1 aromatic heterocycles. The number of benzene rings is 4. The van der Waals surface area contributed by atoms with Gasteiger partial charge in [-0.2, -0.15) is 0 Å². The number of hydrogen-bond acceptors (Lipinski definition) is 7. The van der Waals surface area contributed by atoms with Gasteiger partial charge in [-0.15, -0.1) is 6.58 Å². The predicted molar refractivity (Wildman–Crippen MR) is 191 cm³/mol. The highest BCUT2D eigenvalue weighted by atomic mass is 32.1. The van der Waals surface area contributed by atoms with Crippen molar-refractivity contribution in [2.75, 3.05) is 6.61 Å². The van der Waals surface area contributed by atoms with Crippen molar-refractivity contribution < 1.29 is 19.0 Å². The number of para-hydroxylation sites is 1. The summed E-state index contributed by atoms with van der Waals surface area (Å²) in [6, 6.07) is 27.1. The molecule has 0 bridgehead atoms. The molecule has 5 aromatic rings. The van der Waals surface area contributed by atoms with Crippen molar-refractivity contribution in [2.24, 2.45) is 4.99 Å². The number of esters is 1. The molecular weight excluding hydrogens is 621 g/mol. The Kier molecular flexibility index (Phi) is 9.73. The van der Waals surface area contributed by atoms with Gasteiger partial charge in [-0.1, -0.05) is 84.1 Å². The molecule has 1 aliphatic rings. The molecule has 0 spiro atoms. The van der Waals surface area contributed by atoms with Gasteiger partial charge in [0.2, 0.25) is 0 Å². The van der Waals surface area contributed by atoms with E-state index in [4.69, 9.17) is 19.2 Å². The van der Waals surface area contributed by atoms with Crippen LogP contribution in [0.2, 0.25) is 0 Å². The summed E-state index contributed by atoms with van der Waals surface area (Å²) in [6.07, 6.45) is 4.19. The number of carbonyl (C=O) groups excluding carboxylic acids is 1. The molecule has 0 N–H and O–H groups in total. The lowest BCUT2D eigenvalue weighted by molar-refractivity contribution is -0.139. The molecule has 0 saturated carbocycles. The highest BCUT2D eigenvalue weighted by molar-refractivity contribution is 7.07. The zero-order valence-electron chi connectivity index (χ0n) is 27.6. The molecule has 0 aliphatic carbocycles. The van der Waals surface area contributed by atoms with Gasteiger partial charge in [-0.3, -0.25) is 9.36 Å². The summed E-state index contributed by atoms with van der Waals surface area (Å²) in [4.78, 5) is 32.8. The van der Waals surface area contributed by atoms with Gasteiger partial charge in [0, 0.05) is 5.56 Å². The second-order valence-corrected chi connectivity index (χ2v) is 12.8. The summed E-state index contributed by atoms with van der Waals surface area (Å²) >= 11 is 1.29. The highest BCUT2D eigenvalue weighted by Crippen LogP contribution is 2.36. The van der Waals surface area contributed by atoms with E-state index in [0.29, 0.717) is 44.9 Å². The topological polar surface area (TPSA) is 79.1 Å². The lowest BCUT2D eigenvalue weighted by Crippen LogP contribution is -2.40.